The molecule has 2 unspecified atom stereocenters. The van der Waals surface area contributed by atoms with Crippen molar-refractivity contribution < 1.29 is 4.79 Å². The molecule has 27 heavy (non-hydrogen) atoms. The predicted octanol–water partition coefficient (Wildman–Crippen LogP) is 3.77. The van der Waals surface area contributed by atoms with Gasteiger partial charge in [-0.2, -0.15) is 0 Å². The first-order valence-electron chi connectivity index (χ1n) is 9.34. The molecule has 136 valence electrons. The van der Waals surface area contributed by atoms with Gasteiger partial charge in [0.05, 0.1) is 5.51 Å². The van der Waals surface area contributed by atoms with Crippen molar-refractivity contribution in [1.29, 1.82) is 0 Å². The number of nitrogens with zero attached hydrogens (tertiary/aromatic N) is 3. The lowest BCUT2D eigenvalue weighted by molar-refractivity contribution is 0.0433. The molecule has 3 aromatic rings. The Morgan fingerprint density at radius 2 is 1.78 bits per heavy atom. The lowest BCUT2D eigenvalue weighted by Crippen LogP contribution is -2.54. The largest absolute Gasteiger partial charge is 0.335 e. The molecule has 0 radical (unpaired) electrons. The summed E-state index contributed by atoms with van der Waals surface area (Å²) in [5.74, 6) is 0.689. The Morgan fingerprint density at radius 1 is 1.00 bits per heavy atom. The van der Waals surface area contributed by atoms with Crippen LogP contribution in [-0.2, 0) is 6.54 Å². The fraction of sp³-hybridized carbons (Fsp3) is 0.273. The zero-order valence-electron chi connectivity index (χ0n) is 15.0. The van der Waals surface area contributed by atoms with Crippen LogP contribution >= 0.6 is 11.3 Å². The zero-order valence-corrected chi connectivity index (χ0v) is 15.8. The third-order valence-electron chi connectivity index (χ3n) is 5.73. The first-order chi connectivity index (χ1) is 13.3. The molecule has 2 fully saturated rings. The van der Waals surface area contributed by atoms with E-state index in [2.05, 4.69) is 58.4 Å². The number of rotatable bonds is 4. The van der Waals surface area contributed by atoms with Crippen molar-refractivity contribution in [2.75, 3.05) is 19.6 Å². The number of aromatic nitrogens is 1. The van der Waals surface area contributed by atoms with Crippen LogP contribution in [-0.4, -0.2) is 46.4 Å². The minimum atomic E-state index is 0.0813. The topological polar surface area (TPSA) is 36.4 Å². The smallest absolute Gasteiger partial charge is 0.273 e. The van der Waals surface area contributed by atoms with E-state index < -0.39 is 0 Å². The van der Waals surface area contributed by atoms with Crippen LogP contribution in [0.15, 0.2) is 65.5 Å². The first kappa shape index (κ1) is 16.7. The SMILES string of the molecule is O=C(c1cscn1)N1CC2CN(Cc3ccc(-c4ccccc4)cc3)C2C1. The minimum Gasteiger partial charge on any atom is -0.335 e. The predicted molar refractivity (Wildman–Crippen MR) is 108 cm³/mol. The van der Waals surface area contributed by atoms with Gasteiger partial charge in [-0.3, -0.25) is 9.69 Å². The van der Waals surface area contributed by atoms with Gasteiger partial charge in [0.1, 0.15) is 5.69 Å². The fourth-order valence-electron chi connectivity index (χ4n) is 4.24. The van der Waals surface area contributed by atoms with Crippen LogP contribution in [0.4, 0.5) is 0 Å². The van der Waals surface area contributed by atoms with Crippen LogP contribution in [0.3, 0.4) is 0 Å². The highest BCUT2D eigenvalue weighted by molar-refractivity contribution is 7.07. The van der Waals surface area contributed by atoms with E-state index in [0.29, 0.717) is 17.7 Å². The van der Waals surface area contributed by atoms with Crippen molar-refractivity contribution in [3.05, 3.63) is 76.7 Å². The number of fused-ring (bicyclic) bond motifs is 1. The van der Waals surface area contributed by atoms with Crippen LogP contribution in [0.25, 0.3) is 11.1 Å². The molecule has 1 aromatic heterocycles. The van der Waals surface area contributed by atoms with E-state index in [4.69, 9.17) is 0 Å². The number of amides is 1. The molecule has 3 heterocycles. The van der Waals surface area contributed by atoms with E-state index >= 15 is 0 Å². The van der Waals surface area contributed by atoms with Crippen LogP contribution < -0.4 is 0 Å². The average Bonchev–Trinajstić information content (AvgIpc) is 3.35. The van der Waals surface area contributed by atoms with E-state index in [-0.39, 0.29) is 5.91 Å². The summed E-state index contributed by atoms with van der Waals surface area (Å²) in [5, 5.41) is 1.84. The Hall–Kier alpha value is -2.50. The standard InChI is InChI=1S/C22H21N3OS/c26-22(20-14-27-15-23-20)25-12-19-11-24(21(19)13-25)10-16-6-8-18(9-7-16)17-4-2-1-3-5-17/h1-9,14-15,19,21H,10-13H2. The molecule has 1 amide bonds. The Kier molecular flexibility index (Phi) is 4.26. The van der Waals surface area contributed by atoms with Gasteiger partial charge in [-0.05, 0) is 16.7 Å². The van der Waals surface area contributed by atoms with E-state index in [9.17, 15) is 4.79 Å². The number of hydrogen-bond donors (Lipinski definition) is 0. The second kappa shape index (κ2) is 6.91. The minimum absolute atomic E-state index is 0.0813. The highest BCUT2D eigenvalue weighted by Crippen LogP contribution is 2.34. The third kappa shape index (κ3) is 3.17. The molecule has 5 heteroatoms. The lowest BCUT2D eigenvalue weighted by atomic mass is 9.91. The Labute approximate surface area is 163 Å². The van der Waals surface area contributed by atoms with Crippen LogP contribution in [0.2, 0.25) is 0 Å². The molecule has 2 aromatic carbocycles. The van der Waals surface area contributed by atoms with E-state index in [1.165, 1.54) is 28.0 Å². The number of hydrogen-bond acceptors (Lipinski definition) is 4. The average molecular weight is 375 g/mol. The molecule has 0 bridgehead atoms. The molecule has 0 N–H and O–H groups in total. The molecule has 2 atom stereocenters. The number of benzene rings is 2. The summed E-state index contributed by atoms with van der Waals surface area (Å²) < 4.78 is 0. The van der Waals surface area contributed by atoms with Crippen LogP contribution in [0.5, 0.6) is 0 Å². The highest BCUT2D eigenvalue weighted by atomic mass is 32.1. The summed E-state index contributed by atoms with van der Waals surface area (Å²) in [4.78, 5) is 21.2. The van der Waals surface area contributed by atoms with Crippen molar-refractivity contribution in [3.63, 3.8) is 0 Å². The highest BCUT2D eigenvalue weighted by Gasteiger charge is 2.46. The molecule has 2 aliphatic heterocycles. The summed E-state index contributed by atoms with van der Waals surface area (Å²) in [6.07, 6.45) is 0. The monoisotopic (exact) mass is 375 g/mol. The maximum absolute atomic E-state index is 12.5. The van der Waals surface area contributed by atoms with Crippen molar-refractivity contribution in [3.8, 4) is 11.1 Å². The fourth-order valence-corrected chi connectivity index (χ4v) is 4.77. The third-order valence-corrected chi connectivity index (χ3v) is 6.32. The van der Waals surface area contributed by atoms with Gasteiger partial charge in [0.15, 0.2) is 0 Å². The van der Waals surface area contributed by atoms with E-state index in [1.54, 1.807) is 5.51 Å². The van der Waals surface area contributed by atoms with Gasteiger partial charge in [0, 0.05) is 43.5 Å². The quantitative estimate of drug-likeness (QED) is 0.697. The lowest BCUT2D eigenvalue weighted by Gasteiger charge is -2.43. The van der Waals surface area contributed by atoms with E-state index in [0.717, 1.165) is 26.2 Å². The van der Waals surface area contributed by atoms with Crippen LogP contribution in [0.1, 0.15) is 16.1 Å². The molecule has 5 rings (SSSR count). The summed E-state index contributed by atoms with van der Waals surface area (Å²) in [6, 6.07) is 19.8. The zero-order chi connectivity index (χ0) is 18.2. The second-order valence-electron chi connectivity index (χ2n) is 7.40. The Morgan fingerprint density at radius 3 is 2.52 bits per heavy atom. The van der Waals surface area contributed by atoms with Crippen molar-refractivity contribution in [1.82, 2.24) is 14.8 Å². The van der Waals surface area contributed by atoms with Gasteiger partial charge in [-0.15, -0.1) is 11.3 Å². The summed E-state index contributed by atoms with van der Waals surface area (Å²) in [7, 11) is 0. The Balaban J connectivity index is 1.21. The maximum atomic E-state index is 12.5. The maximum Gasteiger partial charge on any atom is 0.273 e. The van der Waals surface area contributed by atoms with Gasteiger partial charge in [-0.25, -0.2) is 4.98 Å². The molecule has 0 saturated carbocycles. The molecular weight excluding hydrogens is 354 g/mol. The molecule has 0 spiro atoms. The number of carbonyl (C=O) groups excluding carboxylic acids is 1. The van der Waals surface area contributed by atoms with Gasteiger partial charge in [0.2, 0.25) is 0 Å². The Bertz CT molecular complexity index is 924. The number of carbonyl (C=O) groups is 1. The number of likely N-dealkylation sites (tertiary alicyclic amines) is 2. The van der Waals surface area contributed by atoms with Crippen molar-refractivity contribution in [2.45, 2.75) is 12.6 Å². The molecule has 2 aliphatic rings. The van der Waals surface area contributed by atoms with Crippen molar-refractivity contribution >= 4 is 17.2 Å². The normalized spacial score (nSPS) is 21.7. The summed E-state index contributed by atoms with van der Waals surface area (Å²) >= 11 is 1.48. The van der Waals surface area contributed by atoms with Crippen molar-refractivity contribution in [2.24, 2.45) is 5.92 Å². The van der Waals surface area contributed by atoms with Gasteiger partial charge in [0.25, 0.3) is 5.91 Å². The number of thiazole rings is 1. The van der Waals surface area contributed by atoms with Crippen LogP contribution in [0, 0.1) is 5.92 Å². The summed E-state index contributed by atoms with van der Waals surface area (Å²) in [6.45, 7) is 3.72. The molecule has 0 aliphatic carbocycles. The van der Waals surface area contributed by atoms with Gasteiger partial charge < -0.3 is 4.90 Å². The van der Waals surface area contributed by atoms with Gasteiger partial charge in [-0.1, -0.05) is 54.6 Å². The molecule has 2 saturated heterocycles. The van der Waals surface area contributed by atoms with E-state index in [1.807, 2.05) is 16.3 Å². The van der Waals surface area contributed by atoms with Gasteiger partial charge >= 0.3 is 0 Å². The molecular formula is C22H21N3OS. The summed E-state index contributed by atoms with van der Waals surface area (Å²) in [5.41, 5.74) is 6.15. The first-order valence-corrected chi connectivity index (χ1v) is 10.3. The molecule has 4 nitrogen and oxygen atoms in total. The second-order valence-corrected chi connectivity index (χ2v) is 8.12.